The third kappa shape index (κ3) is 5.50. The van der Waals surface area contributed by atoms with Crippen molar-refractivity contribution in [3.05, 3.63) is 65.5 Å². The minimum atomic E-state index is -0.251. The number of hydrogen-bond donors (Lipinski definition) is 2. The summed E-state index contributed by atoms with van der Waals surface area (Å²) in [5, 5.41) is 7.57. The van der Waals surface area contributed by atoms with Gasteiger partial charge < -0.3 is 15.0 Å². The minimum absolute atomic E-state index is 0.251. The molecule has 2 N–H and O–H groups in total. The van der Waals surface area contributed by atoms with E-state index in [0.717, 1.165) is 37.4 Å². The summed E-state index contributed by atoms with van der Waals surface area (Å²) in [4.78, 5) is 2.30. The molecule has 0 aromatic heterocycles. The van der Waals surface area contributed by atoms with E-state index in [4.69, 9.17) is 17.0 Å². The molecule has 0 saturated carbocycles. The molecule has 5 nitrogen and oxygen atoms in total. The van der Waals surface area contributed by atoms with E-state index in [0.29, 0.717) is 11.7 Å². The standard InChI is InChI=1S/C19H21FN4OS/c20-17-5-1-15(2-6-17)13-21-19(26)23-22-14-16-3-7-18(8-4-16)24-9-11-25-12-10-24/h1-8,14H,9-13H2,(H2,21,23,26)/b22-14-. The molecule has 0 bridgehead atoms. The molecule has 1 saturated heterocycles. The molecule has 136 valence electrons. The Bertz CT molecular complexity index is 743. The maximum Gasteiger partial charge on any atom is 0.187 e. The molecule has 1 aliphatic rings. The van der Waals surface area contributed by atoms with Crippen LogP contribution in [0.3, 0.4) is 0 Å². The van der Waals surface area contributed by atoms with Gasteiger partial charge in [-0.25, -0.2) is 4.39 Å². The maximum atomic E-state index is 12.9. The van der Waals surface area contributed by atoms with Crippen molar-refractivity contribution in [2.24, 2.45) is 5.10 Å². The molecule has 2 aromatic carbocycles. The van der Waals surface area contributed by atoms with E-state index in [-0.39, 0.29) is 5.82 Å². The normalized spacial score (nSPS) is 14.4. The van der Waals surface area contributed by atoms with Gasteiger partial charge in [0.05, 0.1) is 19.4 Å². The minimum Gasteiger partial charge on any atom is -0.378 e. The highest BCUT2D eigenvalue weighted by Crippen LogP contribution is 2.15. The van der Waals surface area contributed by atoms with Crippen LogP contribution in [-0.4, -0.2) is 37.6 Å². The van der Waals surface area contributed by atoms with Crippen LogP contribution in [0.4, 0.5) is 10.1 Å². The van der Waals surface area contributed by atoms with Gasteiger partial charge in [0.15, 0.2) is 5.11 Å². The number of morpholine rings is 1. The summed E-state index contributed by atoms with van der Waals surface area (Å²) in [7, 11) is 0. The molecule has 1 fully saturated rings. The number of benzene rings is 2. The number of thiocarbonyl (C=S) groups is 1. The first-order valence-corrected chi connectivity index (χ1v) is 8.86. The largest absolute Gasteiger partial charge is 0.378 e. The number of nitrogens with zero attached hydrogens (tertiary/aromatic N) is 2. The monoisotopic (exact) mass is 372 g/mol. The first-order valence-electron chi connectivity index (χ1n) is 8.45. The number of hydrazone groups is 1. The highest BCUT2D eigenvalue weighted by Gasteiger charge is 2.10. The fourth-order valence-corrected chi connectivity index (χ4v) is 2.71. The highest BCUT2D eigenvalue weighted by atomic mass is 32.1. The lowest BCUT2D eigenvalue weighted by atomic mass is 10.2. The lowest BCUT2D eigenvalue weighted by molar-refractivity contribution is 0.122. The Hall–Kier alpha value is -2.51. The van der Waals surface area contributed by atoms with Crippen molar-refractivity contribution >= 4 is 29.2 Å². The van der Waals surface area contributed by atoms with Crippen LogP contribution in [0.15, 0.2) is 53.6 Å². The molecule has 1 heterocycles. The zero-order valence-electron chi connectivity index (χ0n) is 14.3. The van der Waals surface area contributed by atoms with E-state index < -0.39 is 0 Å². The molecule has 0 spiro atoms. The smallest absolute Gasteiger partial charge is 0.187 e. The molecule has 0 amide bonds. The second-order valence-corrected chi connectivity index (χ2v) is 6.28. The van der Waals surface area contributed by atoms with Crippen molar-refractivity contribution in [1.82, 2.24) is 10.7 Å². The average Bonchev–Trinajstić information content (AvgIpc) is 2.69. The van der Waals surface area contributed by atoms with Gasteiger partial charge in [0.1, 0.15) is 5.82 Å². The molecule has 2 aromatic rings. The molecule has 0 atom stereocenters. The molecule has 1 aliphatic heterocycles. The van der Waals surface area contributed by atoms with Crippen molar-refractivity contribution in [2.45, 2.75) is 6.54 Å². The van der Waals surface area contributed by atoms with E-state index in [9.17, 15) is 4.39 Å². The van der Waals surface area contributed by atoms with Crippen LogP contribution in [0.5, 0.6) is 0 Å². The summed E-state index contributed by atoms with van der Waals surface area (Å²) < 4.78 is 18.2. The van der Waals surface area contributed by atoms with E-state index in [1.165, 1.54) is 17.8 Å². The lowest BCUT2D eigenvalue weighted by Gasteiger charge is -2.28. The van der Waals surface area contributed by atoms with Gasteiger partial charge >= 0.3 is 0 Å². The second kappa shape index (κ2) is 9.26. The fourth-order valence-electron chi connectivity index (χ4n) is 2.58. The van der Waals surface area contributed by atoms with Crippen LogP contribution in [-0.2, 0) is 11.3 Å². The van der Waals surface area contributed by atoms with E-state index >= 15 is 0 Å². The molecular weight excluding hydrogens is 351 g/mol. The Balaban J connectivity index is 1.44. The summed E-state index contributed by atoms with van der Waals surface area (Å²) in [6, 6.07) is 14.5. The van der Waals surface area contributed by atoms with Crippen LogP contribution in [0, 0.1) is 5.82 Å². The second-order valence-electron chi connectivity index (χ2n) is 5.87. The van der Waals surface area contributed by atoms with Gasteiger partial charge in [-0.15, -0.1) is 0 Å². The third-order valence-electron chi connectivity index (χ3n) is 4.02. The van der Waals surface area contributed by atoms with E-state index in [1.807, 2.05) is 12.1 Å². The molecule has 0 aliphatic carbocycles. The highest BCUT2D eigenvalue weighted by molar-refractivity contribution is 7.80. The van der Waals surface area contributed by atoms with Crippen molar-refractivity contribution in [3.8, 4) is 0 Å². The van der Waals surface area contributed by atoms with Crippen LogP contribution >= 0.6 is 12.2 Å². The lowest BCUT2D eigenvalue weighted by Crippen LogP contribution is -2.36. The van der Waals surface area contributed by atoms with Crippen LogP contribution in [0.2, 0.25) is 0 Å². The van der Waals surface area contributed by atoms with Gasteiger partial charge in [-0.3, -0.25) is 5.43 Å². The maximum absolute atomic E-state index is 12.9. The van der Waals surface area contributed by atoms with Crippen molar-refractivity contribution in [1.29, 1.82) is 0 Å². The summed E-state index contributed by atoms with van der Waals surface area (Å²) >= 11 is 5.17. The number of rotatable bonds is 5. The van der Waals surface area contributed by atoms with Gasteiger partial charge in [0.2, 0.25) is 0 Å². The zero-order valence-corrected chi connectivity index (χ0v) is 15.1. The number of ether oxygens (including phenoxy) is 1. The molecule has 26 heavy (non-hydrogen) atoms. The summed E-state index contributed by atoms with van der Waals surface area (Å²) in [5.41, 5.74) is 5.89. The predicted octanol–water partition coefficient (Wildman–Crippen LogP) is 2.66. The first kappa shape index (κ1) is 18.3. The molecular formula is C19H21FN4OS. The molecule has 3 rings (SSSR count). The summed E-state index contributed by atoms with van der Waals surface area (Å²) in [5.74, 6) is -0.251. The van der Waals surface area contributed by atoms with Crippen LogP contribution in [0.25, 0.3) is 0 Å². The molecule has 7 heteroatoms. The summed E-state index contributed by atoms with van der Waals surface area (Å²) in [6.45, 7) is 3.90. The number of anilines is 1. The SMILES string of the molecule is Fc1ccc(CNC(=S)N/N=C\c2ccc(N3CCOCC3)cc2)cc1. The van der Waals surface area contributed by atoms with Crippen molar-refractivity contribution in [3.63, 3.8) is 0 Å². The first-order chi connectivity index (χ1) is 12.7. The van der Waals surface area contributed by atoms with Gasteiger partial charge in [0, 0.05) is 25.3 Å². The average molecular weight is 372 g/mol. The van der Waals surface area contributed by atoms with Gasteiger partial charge in [-0.05, 0) is 47.6 Å². The number of nitrogens with one attached hydrogen (secondary N) is 2. The Morgan fingerprint density at radius 1 is 1.12 bits per heavy atom. The predicted molar refractivity (Wildman–Crippen MR) is 106 cm³/mol. The Labute approximate surface area is 157 Å². The Morgan fingerprint density at radius 3 is 2.50 bits per heavy atom. The van der Waals surface area contributed by atoms with Crippen LogP contribution in [0.1, 0.15) is 11.1 Å². The van der Waals surface area contributed by atoms with Crippen molar-refractivity contribution in [2.75, 3.05) is 31.2 Å². The van der Waals surface area contributed by atoms with Gasteiger partial charge in [-0.1, -0.05) is 24.3 Å². The van der Waals surface area contributed by atoms with Crippen LogP contribution < -0.4 is 15.6 Å². The molecule has 0 radical (unpaired) electrons. The quantitative estimate of drug-likeness (QED) is 0.480. The fraction of sp³-hybridized carbons (Fsp3) is 0.263. The topological polar surface area (TPSA) is 48.9 Å². The molecule has 0 unspecified atom stereocenters. The number of hydrogen-bond acceptors (Lipinski definition) is 4. The number of halogens is 1. The van der Waals surface area contributed by atoms with Gasteiger partial charge in [0.25, 0.3) is 0 Å². The van der Waals surface area contributed by atoms with E-state index in [2.05, 4.69) is 32.9 Å². The summed E-state index contributed by atoms with van der Waals surface area (Å²) in [6.07, 6.45) is 1.72. The van der Waals surface area contributed by atoms with E-state index in [1.54, 1.807) is 18.3 Å². The third-order valence-corrected chi connectivity index (χ3v) is 4.25. The van der Waals surface area contributed by atoms with Crippen molar-refractivity contribution < 1.29 is 9.13 Å². The van der Waals surface area contributed by atoms with Gasteiger partial charge in [-0.2, -0.15) is 5.10 Å². The Kier molecular flexibility index (Phi) is 6.51. The Morgan fingerprint density at radius 2 is 1.81 bits per heavy atom. The zero-order chi connectivity index (χ0) is 18.2.